The molecule has 68 valence electrons. The molecule has 0 aliphatic rings. The van der Waals surface area contributed by atoms with Gasteiger partial charge in [-0.3, -0.25) is 0 Å². The fourth-order valence-corrected chi connectivity index (χ4v) is 1.21. The monoisotopic (exact) mass is 173 g/mol. The van der Waals surface area contributed by atoms with Crippen LogP contribution in [-0.2, 0) is 0 Å². The molecule has 1 aromatic carbocycles. The van der Waals surface area contributed by atoms with Crippen molar-refractivity contribution in [2.75, 3.05) is 13.6 Å². The average Bonchev–Trinajstić information content (AvgIpc) is 2.20. The zero-order valence-electron chi connectivity index (χ0n) is 8.25. The van der Waals surface area contributed by atoms with E-state index in [1.165, 1.54) is 5.56 Å². The number of nitrogens with zero attached hydrogens (tertiary/aromatic N) is 1. The second-order valence-electron chi connectivity index (χ2n) is 2.91. The summed E-state index contributed by atoms with van der Waals surface area (Å²) >= 11 is 0. The molecule has 1 rings (SSSR count). The minimum atomic E-state index is 0.965. The summed E-state index contributed by atoms with van der Waals surface area (Å²) in [6.45, 7) is 6.78. The van der Waals surface area contributed by atoms with Crippen LogP contribution in [0.1, 0.15) is 12.5 Å². The van der Waals surface area contributed by atoms with Crippen molar-refractivity contribution < 1.29 is 0 Å². The molecule has 0 aliphatic carbocycles. The van der Waals surface area contributed by atoms with Crippen molar-refractivity contribution in [2.45, 2.75) is 6.92 Å². The fourth-order valence-electron chi connectivity index (χ4n) is 1.21. The number of hydrogen-bond donors (Lipinski definition) is 0. The van der Waals surface area contributed by atoms with Crippen LogP contribution >= 0.6 is 0 Å². The summed E-state index contributed by atoms with van der Waals surface area (Å²) in [5.41, 5.74) is 5.19. The van der Waals surface area contributed by atoms with Crippen LogP contribution in [-0.4, -0.2) is 18.5 Å². The van der Waals surface area contributed by atoms with Gasteiger partial charge in [0.05, 0.1) is 5.70 Å². The molecule has 0 spiro atoms. The van der Waals surface area contributed by atoms with Crippen molar-refractivity contribution in [3.63, 3.8) is 0 Å². The minimum Gasteiger partial charge on any atom is -0.368 e. The van der Waals surface area contributed by atoms with E-state index < -0.39 is 0 Å². The van der Waals surface area contributed by atoms with Gasteiger partial charge in [-0.05, 0) is 6.92 Å². The first-order valence-corrected chi connectivity index (χ1v) is 4.46. The molecule has 1 heteroatoms. The zero-order valence-corrected chi connectivity index (χ0v) is 8.25. The predicted molar refractivity (Wildman–Crippen MR) is 57.3 cm³/mol. The quantitative estimate of drug-likeness (QED) is 0.635. The van der Waals surface area contributed by atoms with E-state index in [9.17, 15) is 0 Å². The maximum atomic E-state index is 3.70. The molecule has 0 aliphatic heterocycles. The van der Waals surface area contributed by atoms with Crippen molar-refractivity contribution in [1.82, 2.24) is 4.90 Å². The van der Waals surface area contributed by atoms with Gasteiger partial charge in [0.2, 0.25) is 0 Å². The van der Waals surface area contributed by atoms with Gasteiger partial charge < -0.3 is 4.90 Å². The van der Waals surface area contributed by atoms with E-state index in [1.54, 1.807) is 0 Å². The first-order valence-electron chi connectivity index (χ1n) is 4.46. The van der Waals surface area contributed by atoms with Gasteiger partial charge in [-0.25, -0.2) is 0 Å². The van der Waals surface area contributed by atoms with Gasteiger partial charge >= 0.3 is 0 Å². The molecule has 0 N–H and O–H groups in total. The molecule has 0 fully saturated rings. The van der Waals surface area contributed by atoms with Gasteiger partial charge in [-0.1, -0.05) is 36.9 Å². The van der Waals surface area contributed by atoms with E-state index in [0.717, 1.165) is 12.2 Å². The van der Waals surface area contributed by atoms with Crippen molar-refractivity contribution in [2.24, 2.45) is 0 Å². The summed E-state index contributed by atoms with van der Waals surface area (Å²) in [6, 6.07) is 10.2. The minimum absolute atomic E-state index is 0.965. The highest BCUT2D eigenvalue weighted by Gasteiger charge is 2.02. The van der Waals surface area contributed by atoms with Gasteiger partial charge in [-0.15, -0.1) is 5.73 Å². The van der Waals surface area contributed by atoms with E-state index in [2.05, 4.69) is 36.3 Å². The topological polar surface area (TPSA) is 3.24 Å². The lowest BCUT2D eigenvalue weighted by Gasteiger charge is -2.18. The van der Waals surface area contributed by atoms with Crippen molar-refractivity contribution >= 4 is 5.70 Å². The van der Waals surface area contributed by atoms with E-state index >= 15 is 0 Å². The van der Waals surface area contributed by atoms with Crippen LogP contribution in [0.25, 0.3) is 5.70 Å². The van der Waals surface area contributed by atoms with E-state index in [4.69, 9.17) is 0 Å². The summed E-state index contributed by atoms with van der Waals surface area (Å²) in [7, 11) is 2.04. The SMILES string of the molecule is C=C=C(c1ccccc1)N(C)CC. The Kier molecular flexibility index (Phi) is 3.36. The van der Waals surface area contributed by atoms with Crippen LogP contribution in [0.15, 0.2) is 42.6 Å². The average molecular weight is 173 g/mol. The third kappa shape index (κ3) is 2.24. The summed E-state index contributed by atoms with van der Waals surface area (Å²) in [6.07, 6.45) is 0. The highest BCUT2D eigenvalue weighted by atomic mass is 15.1. The highest BCUT2D eigenvalue weighted by Crippen LogP contribution is 2.14. The van der Waals surface area contributed by atoms with E-state index in [-0.39, 0.29) is 0 Å². The molecular formula is C12H15N. The van der Waals surface area contributed by atoms with Crippen LogP contribution in [0.2, 0.25) is 0 Å². The third-order valence-corrected chi connectivity index (χ3v) is 2.07. The second-order valence-corrected chi connectivity index (χ2v) is 2.91. The van der Waals surface area contributed by atoms with Crippen molar-refractivity contribution in [1.29, 1.82) is 0 Å². The summed E-state index contributed by atoms with van der Waals surface area (Å²) in [5.74, 6) is 0. The molecule has 0 saturated carbocycles. The summed E-state index contributed by atoms with van der Waals surface area (Å²) in [4.78, 5) is 2.13. The fraction of sp³-hybridized carbons (Fsp3) is 0.250. The Morgan fingerprint density at radius 3 is 2.46 bits per heavy atom. The number of hydrogen-bond acceptors (Lipinski definition) is 1. The Bertz CT molecular complexity index is 307. The standard InChI is InChI=1S/C12H15N/c1-4-12(13(3)5-2)11-9-7-6-8-10-11/h6-10H,1,5H2,2-3H3. The molecule has 1 nitrogen and oxygen atoms in total. The van der Waals surface area contributed by atoms with Gasteiger partial charge in [-0.2, -0.15) is 0 Å². The van der Waals surface area contributed by atoms with Crippen molar-refractivity contribution in [3.8, 4) is 0 Å². The first kappa shape index (κ1) is 9.63. The lowest BCUT2D eigenvalue weighted by atomic mass is 10.1. The Morgan fingerprint density at radius 2 is 2.00 bits per heavy atom. The molecule has 1 aromatic rings. The molecule has 0 bridgehead atoms. The molecule has 0 unspecified atom stereocenters. The molecule has 0 radical (unpaired) electrons. The molecule has 0 atom stereocenters. The van der Waals surface area contributed by atoms with Gasteiger partial charge in [0.25, 0.3) is 0 Å². The van der Waals surface area contributed by atoms with Gasteiger partial charge in [0, 0.05) is 19.2 Å². The lowest BCUT2D eigenvalue weighted by Crippen LogP contribution is -2.15. The maximum Gasteiger partial charge on any atom is 0.0864 e. The van der Waals surface area contributed by atoms with Crippen LogP contribution in [0.4, 0.5) is 0 Å². The Morgan fingerprint density at radius 1 is 1.38 bits per heavy atom. The lowest BCUT2D eigenvalue weighted by molar-refractivity contribution is 0.510. The van der Waals surface area contributed by atoms with Crippen LogP contribution in [0.3, 0.4) is 0 Å². The maximum absolute atomic E-state index is 3.70. The molecule has 0 aromatic heterocycles. The van der Waals surface area contributed by atoms with E-state index in [1.807, 2.05) is 25.2 Å². The number of benzene rings is 1. The largest absolute Gasteiger partial charge is 0.368 e. The molecule has 13 heavy (non-hydrogen) atoms. The van der Waals surface area contributed by atoms with Gasteiger partial charge in [0.1, 0.15) is 0 Å². The van der Waals surface area contributed by atoms with Crippen LogP contribution < -0.4 is 0 Å². The van der Waals surface area contributed by atoms with E-state index in [0.29, 0.717) is 0 Å². The van der Waals surface area contributed by atoms with Crippen LogP contribution in [0.5, 0.6) is 0 Å². The molecule has 0 heterocycles. The zero-order chi connectivity index (χ0) is 9.68. The molecule has 0 amide bonds. The predicted octanol–water partition coefficient (Wildman–Crippen LogP) is 2.76. The Labute approximate surface area is 80.0 Å². The molecule has 0 saturated heterocycles. The van der Waals surface area contributed by atoms with Crippen LogP contribution in [0, 0.1) is 0 Å². The third-order valence-electron chi connectivity index (χ3n) is 2.07. The Balaban J connectivity index is 3.00. The highest BCUT2D eigenvalue weighted by molar-refractivity contribution is 5.62. The summed E-state index contributed by atoms with van der Waals surface area (Å²) in [5, 5.41) is 0. The van der Waals surface area contributed by atoms with Crippen molar-refractivity contribution in [3.05, 3.63) is 48.2 Å². The molecular weight excluding hydrogens is 158 g/mol. The Hall–Kier alpha value is -1.46. The normalized spacial score (nSPS) is 9.08. The second kappa shape index (κ2) is 4.54. The van der Waals surface area contributed by atoms with Gasteiger partial charge in [0.15, 0.2) is 0 Å². The summed E-state index contributed by atoms with van der Waals surface area (Å²) < 4.78 is 0. The first-order chi connectivity index (χ1) is 6.29. The smallest absolute Gasteiger partial charge is 0.0864 e. The number of rotatable bonds is 3.